The first kappa shape index (κ1) is 19.6. The molecule has 0 amide bonds. The number of hydrogen-bond donors (Lipinski definition) is 0. The van der Waals surface area contributed by atoms with E-state index in [1.54, 1.807) is 0 Å². The second-order valence-corrected chi connectivity index (χ2v) is 13.7. The van der Waals surface area contributed by atoms with Crippen LogP contribution in [0.3, 0.4) is 0 Å². The van der Waals surface area contributed by atoms with Crippen LogP contribution in [0.25, 0.3) is 11.0 Å². The van der Waals surface area contributed by atoms with E-state index in [9.17, 15) is 0 Å². The molecule has 6 nitrogen and oxygen atoms in total. The Morgan fingerprint density at radius 3 is 2.79 bits per heavy atom. The van der Waals surface area contributed by atoms with Gasteiger partial charge in [-0.15, -0.1) is 0 Å². The third-order valence-electron chi connectivity index (χ3n) is 5.99. The van der Waals surface area contributed by atoms with Gasteiger partial charge in [0.2, 0.25) is 0 Å². The number of fused-ring (bicyclic) bond motifs is 1. The summed E-state index contributed by atoms with van der Waals surface area (Å²) in [5.41, 5.74) is 3.19. The van der Waals surface area contributed by atoms with E-state index in [2.05, 4.69) is 50.2 Å². The van der Waals surface area contributed by atoms with Crippen LogP contribution in [0.5, 0.6) is 0 Å². The molecule has 3 aromatic heterocycles. The van der Waals surface area contributed by atoms with Crippen molar-refractivity contribution in [2.75, 3.05) is 38.1 Å². The Bertz CT molecular complexity index is 986. The SMILES string of the molecule is CN1CCCN(c2cnc3cc[c]([Sn][c]4nnc(C5CCCC5)s4)nc3c2)CC1. The van der Waals surface area contributed by atoms with E-state index >= 15 is 0 Å². The fourth-order valence-electron chi connectivity index (χ4n) is 4.28. The van der Waals surface area contributed by atoms with Gasteiger partial charge in [-0.2, -0.15) is 0 Å². The fourth-order valence-corrected chi connectivity index (χ4v) is 9.01. The van der Waals surface area contributed by atoms with E-state index in [4.69, 9.17) is 4.98 Å². The van der Waals surface area contributed by atoms with Crippen LogP contribution < -0.4 is 11.6 Å². The molecule has 1 aliphatic heterocycles. The Hall–Kier alpha value is -1.32. The van der Waals surface area contributed by atoms with Gasteiger partial charge >= 0.3 is 187 Å². The summed E-state index contributed by atoms with van der Waals surface area (Å²) in [6, 6.07) is 6.50. The van der Waals surface area contributed by atoms with Crippen LogP contribution in [-0.4, -0.2) is 79.4 Å². The average molecular weight is 513 g/mol. The summed E-state index contributed by atoms with van der Waals surface area (Å²) in [6.07, 6.45) is 8.45. The second-order valence-electron chi connectivity index (χ2n) is 8.12. The third kappa shape index (κ3) is 4.56. The molecule has 2 radical (unpaired) electrons. The molecule has 1 saturated carbocycles. The molecule has 0 aromatic carbocycles. The average Bonchev–Trinajstić information content (AvgIpc) is 3.37. The number of hydrogen-bond acceptors (Lipinski definition) is 7. The van der Waals surface area contributed by atoms with Crippen molar-refractivity contribution in [1.29, 1.82) is 0 Å². The van der Waals surface area contributed by atoms with Crippen LogP contribution in [0.4, 0.5) is 5.69 Å². The van der Waals surface area contributed by atoms with Gasteiger partial charge in [0.1, 0.15) is 0 Å². The summed E-state index contributed by atoms with van der Waals surface area (Å²) in [7, 11) is 2.20. The quantitative estimate of drug-likeness (QED) is 0.498. The van der Waals surface area contributed by atoms with Crippen molar-refractivity contribution in [2.45, 2.75) is 38.0 Å². The predicted octanol–water partition coefficient (Wildman–Crippen LogP) is 1.94. The monoisotopic (exact) mass is 514 g/mol. The van der Waals surface area contributed by atoms with Crippen LogP contribution in [0.15, 0.2) is 24.4 Å². The molecule has 4 heterocycles. The number of aromatic nitrogens is 4. The van der Waals surface area contributed by atoms with Gasteiger partial charge in [0.25, 0.3) is 0 Å². The van der Waals surface area contributed by atoms with Crippen molar-refractivity contribution in [1.82, 2.24) is 25.1 Å². The van der Waals surface area contributed by atoms with Crippen LogP contribution >= 0.6 is 11.3 Å². The van der Waals surface area contributed by atoms with Crippen molar-refractivity contribution < 1.29 is 0 Å². The molecule has 150 valence electrons. The zero-order valence-corrected chi connectivity index (χ0v) is 20.5. The molecule has 8 heteroatoms. The number of pyridine rings is 2. The van der Waals surface area contributed by atoms with E-state index in [-0.39, 0.29) is 0 Å². The molecule has 0 N–H and O–H groups in total. The van der Waals surface area contributed by atoms with Crippen molar-refractivity contribution in [3.8, 4) is 0 Å². The van der Waals surface area contributed by atoms with E-state index in [0.717, 1.165) is 37.2 Å². The Balaban J connectivity index is 1.35. The van der Waals surface area contributed by atoms with Gasteiger partial charge in [-0.25, -0.2) is 0 Å². The fraction of sp³-hybridized carbons (Fsp3) is 0.524. The zero-order valence-electron chi connectivity index (χ0n) is 16.8. The molecule has 0 atom stereocenters. The molecule has 0 bridgehead atoms. The van der Waals surface area contributed by atoms with Gasteiger partial charge in [-0.3, -0.25) is 0 Å². The Morgan fingerprint density at radius 2 is 1.90 bits per heavy atom. The van der Waals surface area contributed by atoms with Gasteiger partial charge in [0.15, 0.2) is 0 Å². The van der Waals surface area contributed by atoms with E-state index in [1.165, 1.54) is 49.5 Å². The standard InChI is InChI=1S/C14H17N4.C7H9N2S.Sn/c1-17-6-3-7-18(9-8-17)12-10-14-13(16-11-12)4-2-5-15-14;1-2-4-6(3-1)7-9-8-5-10-7;/h2,4,10-11H,3,6-9H2,1H3;6H,1-4H2;. The molecule has 2 aliphatic rings. The summed E-state index contributed by atoms with van der Waals surface area (Å²) < 4.78 is 2.45. The van der Waals surface area contributed by atoms with Crippen LogP contribution in [0.2, 0.25) is 0 Å². The summed E-state index contributed by atoms with van der Waals surface area (Å²) in [4.78, 5) is 14.5. The normalized spacial score (nSPS) is 19.1. The second kappa shape index (κ2) is 8.81. The van der Waals surface area contributed by atoms with Gasteiger partial charge in [0.05, 0.1) is 0 Å². The molecular weight excluding hydrogens is 487 g/mol. The first-order valence-electron chi connectivity index (χ1n) is 10.6. The van der Waals surface area contributed by atoms with E-state index in [1.807, 2.05) is 17.5 Å². The molecular formula is C21H26N6SSn. The summed E-state index contributed by atoms with van der Waals surface area (Å²) >= 11 is 0.831. The number of likely N-dealkylation sites (N-methyl/N-ethyl adjacent to an activating group) is 1. The summed E-state index contributed by atoms with van der Waals surface area (Å²) in [5.74, 6) is 0.657. The van der Waals surface area contributed by atoms with Gasteiger partial charge < -0.3 is 0 Å². The van der Waals surface area contributed by atoms with Gasteiger partial charge in [-0.1, -0.05) is 0 Å². The summed E-state index contributed by atoms with van der Waals surface area (Å²) in [6.45, 7) is 4.40. The minimum atomic E-state index is -1.01. The van der Waals surface area contributed by atoms with Crippen LogP contribution in [-0.2, 0) is 0 Å². The molecule has 1 aliphatic carbocycles. The first-order valence-corrected chi connectivity index (χ1v) is 14.2. The minimum absolute atomic E-state index is 0.657. The Labute approximate surface area is 186 Å². The number of nitrogens with zero attached hydrogens (tertiary/aromatic N) is 6. The molecule has 0 unspecified atom stereocenters. The first-order chi connectivity index (χ1) is 14.2. The molecule has 2 fully saturated rings. The maximum atomic E-state index is 4.99. The van der Waals surface area contributed by atoms with Crippen LogP contribution in [0, 0.1) is 0 Å². The van der Waals surface area contributed by atoms with Crippen molar-refractivity contribution >= 4 is 55.9 Å². The van der Waals surface area contributed by atoms with Crippen LogP contribution in [0.1, 0.15) is 43.0 Å². The Kier molecular flexibility index (Phi) is 5.97. The zero-order chi connectivity index (χ0) is 19.6. The molecule has 5 rings (SSSR count). The number of anilines is 1. The molecule has 0 spiro atoms. The van der Waals surface area contributed by atoms with Crippen molar-refractivity contribution in [3.63, 3.8) is 0 Å². The van der Waals surface area contributed by atoms with Gasteiger partial charge in [-0.05, 0) is 0 Å². The summed E-state index contributed by atoms with van der Waals surface area (Å²) in [5, 5.41) is 10.3. The van der Waals surface area contributed by atoms with Crippen molar-refractivity contribution in [2.24, 2.45) is 0 Å². The predicted molar refractivity (Wildman–Crippen MR) is 120 cm³/mol. The molecule has 3 aromatic rings. The third-order valence-corrected chi connectivity index (χ3v) is 10.9. The van der Waals surface area contributed by atoms with Crippen molar-refractivity contribution in [3.05, 3.63) is 29.4 Å². The van der Waals surface area contributed by atoms with E-state index < -0.39 is 21.1 Å². The maximum absolute atomic E-state index is 4.99. The Morgan fingerprint density at radius 1 is 1.00 bits per heavy atom. The molecule has 1 saturated heterocycles. The number of rotatable bonds is 4. The van der Waals surface area contributed by atoms with Gasteiger partial charge in [0, 0.05) is 0 Å². The topological polar surface area (TPSA) is 58.0 Å². The van der Waals surface area contributed by atoms with E-state index in [0.29, 0.717) is 5.92 Å². The molecule has 29 heavy (non-hydrogen) atoms.